The Morgan fingerprint density at radius 1 is 1.13 bits per heavy atom. The van der Waals surface area contributed by atoms with Crippen LogP contribution in [0.15, 0.2) is 81.9 Å². The average Bonchev–Trinajstić information content (AvgIpc) is 3.15. The van der Waals surface area contributed by atoms with Crippen molar-refractivity contribution in [2.24, 2.45) is 0 Å². The Kier molecular flexibility index (Phi) is 5.91. The van der Waals surface area contributed by atoms with E-state index in [0.717, 1.165) is 26.5 Å². The minimum absolute atomic E-state index is 0.357. The molecule has 156 valence electrons. The predicted octanol–water partition coefficient (Wildman–Crippen LogP) is 7.05. The lowest BCUT2D eigenvalue weighted by Crippen LogP contribution is -2.08. The van der Waals surface area contributed by atoms with E-state index < -0.39 is 5.82 Å². The Morgan fingerprint density at radius 2 is 1.94 bits per heavy atom. The van der Waals surface area contributed by atoms with Crippen LogP contribution in [0.3, 0.4) is 0 Å². The van der Waals surface area contributed by atoms with E-state index in [4.69, 9.17) is 9.15 Å². The number of allylic oxidation sites excluding steroid dienone is 1. The number of benzene rings is 3. The standard InChI is InChI=1S/C25H19BrFNO3/c1-15(9-25(29)28-19-8-4-7-18(27)11-19)20-12-21-22(16-5-3-6-17(26)10-16)14-31-24(21)13-23(20)30-2/h3-14H,1-2H3,(H,28,29)/b15-9+. The number of rotatable bonds is 5. The molecule has 0 fully saturated rings. The van der Waals surface area contributed by atoms with Gasteiger partial charge in [0.15, 0.2) is 0 Å². The van der Waals surface area contributed by atoms with Gasteiger partial charge in [-0.05, 0) is 54.5 Å². The van der Waals surface area contributed by atoms with Gasteiger partial charge in [0.1, 0.15) is 17.1 Å². The maximum absolute atomic E-state index is 13.4. The fraction of sp³-hybridized carbons (Fsp3) is 0.0800. The number of nitrogens with one attached hydrogen (secondary N) is 1. The van der Waals surface area contributed by atoms with Crippen molar-refractivity contribution >= 4 is 44.1 Å². The van der Waals surface area contributed by atoms with E-state index in [1.54, 1.807) is 25.5 Å². The van der Waals surface area contributed by atoms with Crippen molar-refractivity contribution in [3.05, 3.63) is 88.9 Å². The van der Waals surface area contributed by atoms with Gasteiger partial charge in [-0.3, -0.25) is 4.79 Å². The predicted molar refractivity (Wildman–Crippen MR) is 125 cm³/mol. The second kappa shape index (κ2) is 8.78. The zero-order valence-electron chi connectivity index (χ0n) is 16.9. The number of hydrogen-bond acceptors (Lipinski definition) is 3. The molecule has 0 spiro atoms. The molecule has 0 saturated carbocycles. The highest BCUT2D eigenvalue weighted by molar-refractivity contribution is 9.10. The number of methoxy groups -OCH3 is 1. The van der Waals surface area contributed by atoms with Gasteiger partial charge >= 0.3 is 0 Å². The van der Waals surface area contributed by atoms with Crippen molar-refractivity contribution in [2.75, 3.05) is 12.4 Å². The van der Waals surface area contributed by atoms with Crippen molar-refractivity contribution in [3.8, 4) is 16.9 Å². The summed E-state index contributed by atoms with van der Waals surface area (Å²) in [6, 6.07) is 17.5. The fourth-order valence-corrected chi connectivity index (χ4v) is 3.83. The summed E-state index contributed by atoms with van der Waals surface area (Å²) in [5, 5.41) is 3.59. The van der Waals surface area contributed by atoms with Crippen molar-refractivity contribution in [3.63, 3.8) is 0 Å². The smallest absolute Gasteiger partial charge is 0.248 e. The first-order valence-corrected chi connectivity index (χ1v) is 10.3. The molecule has 1 N–H and O–H groups in total. The number of amides is 1. The average molecular weight is 480 g/mol. The van der Waals surface area contributed by atoms with Crippen LogP contribution in [0.25, 0.3) is 27.7 Å². The molecule has 4 rings (SSSR count). The van der Waals surface area contributed by atoms with Gasteiger partial charge in [-0.2, -0.15) is 0 Å². The normalized spacial score (nSPS) is 11.5. The molecule has 0 atom stereocenters. The maximum atomic E-state index is 13.4. The number of carbonyl (C=O) groups excluding carboxylic acids is 1. The number of carbonyl (C=O) groups is 1. The number of hydrogen-bond donors (Lipinski definition) is 1. The second-order valence-electron chi connectivity index (χ2n) is 7.04. The summed E-state index contributed by atoms with van der Waals surface area (Å²) in [6.45, 7) is 1.83. The van der Waals surface area contributed by atoms with Gasteiger partial charge in [-0.15, -0.1) is 0 Å². The molecule has 0 unspecified atom stereocenters. The second-order valence-corrected chi connectivity index (χ2v) is 7.95. The molecular formula is C25H19BrFNO3. The minimum atomic E-state index is -0.411. The topological polar surface area (TPSA) is 51.5 Å². The molecule has 6 heteroatoms. The van der Waals surface area contributed by atoms with Gasteiger partial charge in [0.2, 0.25) is 5.91 Å². The first-order chi connectivity index (χ1) is 14.9. The largest absolute Gasteiger partial charge is 0.496 e. The van der Waals surface area contributed by atoms with Gasteiger partial charge in [0, 0.05) is 38.8 Å². The number of ether oxygens (including phenoxy) is 1. The lowest BCUT2D eigenvalue weighted by atomic mass is 9.99. The summed E-state index contributed by atoms with van der Waals surface area (Å²) >= 11 is 3.50. The lowest BCUT2D eigenvalue weighted by molar-refractivity contribution is -0.111. The highest BCUT2D eigenvalue weighted by Crippen LogP contribution is 2.37. The third-order valence-corrected chi connectivity index (χ3v) is 5.39. The molecule has 4 aromatic rings. The Hall–Kier alpha value is -3.38. The summed E-state index contributed by atoms with van der Waals surface area (Å²) in [5.41, 5.74) is 4.50. The van der Waals surface area contributed by atoms with E-state index in [2.05, 4.69) is 21.2 Å². The molecule has 1 aromatic heterocycles. The van der Waals surface area contributed by atoms with E-state index in [1.807, 2.05) is 43.3 Å². The van der Waals surface area contributed by atoms with Crippen LogP contribution < -0.4 is 10.1 Å². The van der Waals surface area contributed by atoms with E-state index >= 15 is 0 Å². The maximum Gasteiger partial charge on any atom is 0.248 e. The molecule has 4 nitrogen and oxygen atoms in total. The van der Waals surface area contributed by atoms with E-state index in [-0.39, 0.29) is 5.91 Å². The zero-order chi connectivity index (χ0) is 22.0. The highest BCUT2D eigenvalue weighted by Gasteiger charge is 2.15. The Labute approximate surface area is 187 Å². The summed E-state index contributed by atoms with van der Waals surface area (Å²) in [6.07, 6.45) is 3.18. The minimum Gasteiger partial charge on any atom is -0.496 e. The summed E-state index contributed by atoms with van der Waals surface area (Å²) in [4.78, 5) is 12.5. The Balaban J connectivity index is 1.72. The monoisotopic (exact) mass is 479 g/mol. The summed E-state index contributed by atoms with van der Waals surface area (Å²) < 4.78 is 25.6. The first kappa shape index (κ1) is 20.9. The molecule has 3 aromatic carbocycles. The lowest BCUT2D eigenvalue weighted by Gasteiger charge is -2.10. The van der Waals surface area contributed by atoms with Crippen molar-refractivity contribution < 1.29 is 18.3 Å². The van der Waals surface area contributed by atoms with E-state index in [9.17, 15) is 9.18 Å². The third-order valence-electron chi connectivity index (χ3n) is 4.90. The van der Waals surface area contributed by atoms with Crippen molar-refractivity contribution in [2.45, 2.75) is 6.92 Å². The van der Waals surface area contributed by atoms with Gasteiger partial charge in [0.05, 0.1) is 13.4 Å². The van der Waals surface area contributed by atoms with Gasteiger partial charge in [-0.25, -0.2) is 4.39 Å². The van der Waals surface area contributed by atoms with Crippen LogP contribution in [0.5, 0.6) is 5.75 Å². The van der Waals surface area contributed by atoms with Gasteiger partial charge < -0.3 is 14.5 Å². The highest BCUT2D eigenvalue weighted by atomic mass is 79.9. The van der Waals surface area contributed by atoms with Crippen LogP contribution in [-0.2, 0) is 4.79 Å². The number of halogens is 2. The van der Waals surface area contributed by atoms with Crippen molar-refractivity contribution in [1.29, 1.82) is 0 Å². The molecule has 31 heavy (non-hydrogen) atoms. The number of anilines is 1. The van der Waals surface area contributed by atoms with Crippen molar-refractivity contribution in [1.82, 2.24) is 0 Å². The summed E-state index contributed by atoms with van der Waals surface area (Å²) in [7, 11) is 1.57. The SMILES string of the molecule is COc1cc2occ(-c3cccc(Br)c3)c2cc1/C(C)=C/C(=O)Nc1cccc(F)c1. The van der Waals surface area contributed by atoms with Gasteiger partial charge in [-0.1, -0.05) is 34.1 Å². The van der Waals surface area contributed by atoms with E-state index in [1.165, 1.54) is 18.2 Å². The fourth-order valence-electron chi connectivity index (χ4n) is 3.43. The van der Waals surface area contributed by atoms with Crippen LogP contribution in [0.4, 0.5) is 10.1 Å². The quantitative estimate of drug-likeness (QED) is 0.312. The van der Waals surface area contributed by atoms with Gasteiger partial charge in [0.25, 0.3) is 0 Å². The zero-order valence-corrected chi connectivity index (χ0v) is 18.5. The van der Waals surface area contributed by atoms with Crippen LogP contribution in [0.2, 0.25) is 0 Å². The van der Waals surface area contributed by atoms with Crippen LogP contribution in [0.1, 0.15) is 12.5 Å². The Morgan fingerprint density at radius 3 is 2.68 bits per heavy atom. The number of fused-ring (bicyclic) bond motifs is 1. The van der Waals surface area contributed by atoms with Crippen LogP contribution in [-0.4, -0.2) is 13.0 Å². The first-order valence-electron chi connectivity index (χ1n) is 9.55. The molecule has 0 aliphatic heterocycles. The van der Waals surface area contributed by atoms with E-state index in [0.29, 0.717) is 22.6 Å². The third kappa shape index (κ3) is 4.54. The molecular weight excluding hydrogens is 461 g/mol. The molecule has 0 bridgehead atoms. The Bertz CT molecular complexity index is 1310. The van der Waals surface area contributed by atoms with Crippen LogP contribution in [0, 0.1) is 5.82 Å². The molecule has 0 aliphatic rings. The van der Waals surface area contributed by atoms with Crippen LogP contribution >= 0.6 is 15.9 Å². The summed E-state index contributed by atoms with van der Waals surface area (Å²) in [5.74, 6) is -0.176. The molecule has 0 radical (unpaired) electrons. The molecule has 0 saturated heterocycles. The number of furan rings is 1. The molecule has 1 heterocycles. The molecule has 0 aliphatic carbocycles. The molecule has 1 amide bonds.